The second-order valence-corrected chi connectivity index (χ2v) is 10.4. The average molecular weight is 578 g/mol. The lowest BCUT2D eigenvalue weighted by atomic mass is 9.99. The van der Waals surface area contributed by atoms with E-state index in [1.54, 1.807) is 0 Å². The van der Waals surface area contributed by atoms with E-state index in [4.69, 9.17) is 9.52 Å². The summed E-state index contributed by atoms with van der Waals surface area (Å²) in [5, 5.41) is 18.3. The molecule has 3 heterocycles. The molecule has 6 rings (SSSR count). The molecule has 0 saturated carbocycles. The van der Waals surface area contributed by atoms with Gasteiger partial charge in [0.05, 0.1) is 12.0 Å². The van der Waals surface area contributed by atoms with Crippen LogP contribution in [-0.2, 0) is 6.42 Å². The zero-order valence-corrected chi connectivity index (χ0v) is 23.9. The summed E-state index contributed by atoms with van der Waals surface area (Å²) >= 11 is 0. The normalized spacial score (nSPS) is 14.1. The Bertz CT molecular complexity index is 1630. The van der Waals surface area contributed by atoms with Crippen molar-refractivity contribution in [2.24, 2.45) is 0 Å². The molecule has 1 fully saturated rings. The van der Waals surface area contributed by atoms with Gasteiger partial charge in [-0.3, -0.25) is 10.3 Å². The van der Waals surface area contributed by atoms with Crippen LogP contribution in [0, 0.1) is 0 Å². The van der Waals surface area contributed by atoms with E-state index in [-0.39, 0.29) is 12.6 Å². The van der Waals surface area contributed by atoms with Crippen molar-refractivity contribution in [2.45, 2.75) is 6.42 Å². The SMILES string of the molecule is O=C(Nc1ccc(CCNc2ncnc3oc(-c4ccccc4)c(-c4ccccc4)c23)cc1)NN1CCN(CCO)CC1. The minimum Gasteiger partial charge on any atom is -0.437 e. The molecule has 3 aromatic carbocycles. The molecule has 0 radical (unpaired) electrons. The van der Waals surface area contributed by atoms with Crippen molar-refractivity contribution < 1.29 is 14.3 Å². The van der Waals surface area contributed by atoms with Crippen LogP contribution in [0.25, 0.3) is 33.6 Å². The molecule has 10 heteroatoms. The van der Waals surface area contributed by atoms with Crippen molar-refractivity contribution in [3.8, 4) is 22.5 Å². The predicted molar refractivity (Wildman–Crippen MR) is 169 cm³/mol. The van der Waals surface area contributed by atoms with Crippen molar-refractivity contribution in [1.29, 1.82) is 0 Å². The van der Waals surface area contributed by atoms with Crippen molar-refractivity contribution in [1.82, 2.24) is 25.3 Å². The first-order valence-electron chi connectivity index (χ1n) is 14.5. The minimum atomic E-state index is -0.262. The number of aliphatic hydroxyl groups excluding tert-OH is 1. The number of hydrazine groups is 1. The van der Waals surface area contributed by atoms with Gasteiger partial charge >= 0.3 is 6.03 Å². The van der Waals surface area contributed by atoms with E-state index in [2.05, 4.69) is 43.1 Å². The molecule has 0 bridgehead atoms. The van der Waals surface area contributed by atoms with Crippen LogP contribution in [0.3, 0.4) is 0 Å². The van der Waals surface area contributed by atoms with Gasteiger partial charge in [-0.25, -0.2) is 19.8 Å². The topological polar surface area (TPSA) is 119 Å². The zero-order chi connectivity index (χ0) is 29.4. The first-order chi connectivity index (χ1) is 21.2. The van der Waals surface area contributed by atoms with E-state index in [0.29, 0.717) is 18.8 Å². The number of anilines is 2. The number of nitrogens with one attached hydrogen (secondary N) is 3. The number of hydrogen-bond donors (Lipinski definition) is 4. The maximum absolute atomic E-state index is 12.5. The summed E-state index contributed by atoms with van der Waals surface area (Å²) in [7, 11) is 0. The number of benzene rings is 3. The smallest absolute Gasteiger partial charge is 0.333 e. The average Bonchev–Trinajstić information content (AvgIpc) is 3.44. The highest BCUT2D eigenvalue weighted by Crippen LogP contribution is 2.42. The van der Waals surface area contributed by atoms with E-state index >= 15 is 0 Å². The molecule has 4 N–H and O–H groups in total. The Balaban J connectivity index is 1.10. The summed E-state index contributed by atoms with van der Waals surface area (Å²) in [6.45, 7) is 4.54. The Morgan fingerprint density at radius 1 is 0.860 bits per heavy atom. The number of β-amino-alcohol motifs (C(OH)–C–C–N with tert-alkyl or cyclic N) is 1. The summed E-state index contributed by atoms with van der Waals surface area (Å²) < 4.78 is 6.31. The van der Waals surface area contributed by atoms with E-state index in [1.807, 2.05) is 77.8 Å². The molecular weight excluding hydrogens is 542 g/mol. The Labute approximate surface area is 250 Å². The third-order valence-corrected chi connectivity index (χ3v) is 7.55. The van der Waals surface area contributed by atoms with Crippen LogP contribution in [-0.4, -0.2) is 76.9 Å². The number of rotatable bonds is 10. The number of urea groups is 1. The van der Waals surface area contributed by atoms with Gasteiger partial charge in [-0.15, -0.1) is 0 Å². The molecule has 10 nitrogen and oxygen atoms in total. The second-order valence-electron chi connectivity index (χ2n) is 10.4. The molecule has 2 aromatic heterocycles. The maximum Gasteiger partial charge on any atom is 0.333 e. The fraction of sp³-hybridized carbons (Fsp3) is 0.242. The molecule has 0 spiro atoms. The lowest BCUT2D eigenvalue weighted by Gasteiger charge is -2.34. The minimum absolute atomic E-state index is 0.152. The Morgan fingerprint density at radius 3 is 2.26 bits per heavy atom. The molecule has 1 saturated heterocycles. The molecular formula is C33H35N7O3. The van der Waals surface area contributed by atoms with Crippen LogP contribution in [0.1, 0.15) is 5.56 Å². The van der Waals surface area contributed by atoms with Gasteiger partial charge in [0.2, 0.25) is 5.71 Å². The molecule has 220 valence electrons. The van der Waals surface area contributed by atoms with Gasteiger partial charge < -0.3 is 20.2 Å². The summed E-state index contributed by atoms with van der Waals surface area (Å²) in [6.07, 6.45) is 2.29. The first-order valence-corrected chi connectivity index (χ1v) is 14.5. The van der Waals surface area contributed by atoms with Crippen molar-refractivity contribution in [3.05, 3.63) is 96.8 Å². The zero-order valence-electron chi connectivity index (χ0n) is 23.9. The van der Waals surface area contributed by atoms with Crippen LogP contribution in [0.2, 0.25) is 0 Å². The molecule has 0 unspecified atom stereocenters. The number of aromatic nitrogens is 2. The fourth-order valence-electron chi connectivity index (χ4n) is 5.35. The van der Waals surface area contributed by atoms with Crippen molar-refractivity contribution in [2.75, 3.05) is 56.5 Å². The first kappa shape index (κ1) is 28.4. The number of fused-ring (bicyclic) bond motifs is 1. The predicted octanol–water partition coefficient (Wildman–Crippen LogP) is 4.86. The van der Waals surface area contributed by atoms with Crippen LogP contribution in [0.4, 0.5) is 16.3 Å². The number of hydrogen-bond acceptors (Lipinski definition) is 8. The van der Waals surface area contributed by atoms with E-state index in [9.17, 15) is 4.79 Å². The Morgan fingerprint density at radius 2 is 1.56 bits per heavy atom. The van der Waals surface area contributed by atoms with Gasteiger partial charge in [0, 0.05) is 56.1 Å². The maximum atomic E-state index is 12.5. The largest absolute Gasteiger partial charge is 0.437 e. The number of nitrogens with zero attached hydrogens (tertiary/aromatic N) is 4. The van der Waals surface area contributed by atoms with Gasteiger partial charge in [0.1, 0.15) is 17.9 Å². The lowest BCUT2D eigenvalue weighted by Crippen LogP contribution is -2.54. The molecule has 2 amide bonds. The number of furan rings is 1. The summed E-state index contributed by atoms with van der Waals surface area (Å²) in [6, 6.07) is 27.8. The number of carbonyl (C=O) groups is 1. The standard InChI is InChI=1S/C33H35N7O3/c41-22-21-39-17-19-40(20-18-39)38-33(42)37-27-13-11-24(12-14-27)15-16-34-31-29-28(25-7-3-1-4-8-25)30(26-9-5-2-6-10-26)43-32(29)36-23-35-31/h1-14,23,41H,15-22H2,(H,34,35,36)(H2,37,38,42). The Hall–Kier alpha value is -4.77. The third kappa shape index (κ3) is 6.83. The summed E-state index contributed by atoms with van der Waals surface area (Å²) in [4.78, 5) is 23.7. The van der Waals surface area contributed by atoms with E-state index in [0.717, 1.165) is 77.5 Å². The molecule has 5 aromatic rings. The molecule has 1 aliphatic rings. The van der Waals surface area contributed by atoms with Gasteiger partial charge in [-0.05, 0) is 29.7 Å². The van der Waals surface area contributed by atoms with Crippen LogP contribution in [0.5, 0.6) is 0 Å². The second kappa shape index (κ2) is 13.5. The molecule has 1 aliphatic heterocycles. The van der Waals surface area contributed by atoms with Gasteiger partial charge in [-0.2, -0.15) is 0 Å². The van der Waals surface area contributed by atoms with Gasteiger partial charge in [0.15, 0.2) is 0 Å². The molecule has 0 atom stereocenters. The fourth-order valence-corrected chi connectivity index (χ4v) is 5.35. The highest BCUT2D eigenvalue weighted by molar-refractivity contribution is 6.05. The highest BCUT2D eigenvalue weighted by atomic mass is 16.3. The number of carbonyl (C=O) groups excluding carboxylic acids is 1. The van der Waals surface area contributed by atoms with E-state index < -0.39 is 0 Å². The summed E-state index contributed by atoms with van der Waals surface area (Å²) in [5.74, 6) is 1.49. The number of piperazine rings is 1. The van der Waals surface area contributed by atoms with Crippen LogP contribution >= 0.6 is 0 Å². The van der Waals surface area contributed by atoms with Crippen LogP contribution in [0.15, 0.2) is 95.7 Å². The van der Waals surface area contributed by atoms with Crippen molar-refractivity contribution >= 4 is 28.6 Å². The highest BCUT2D eigenvalue weighted by Gasteiger charge is 2.22. The number of amides is 2. The number of aliphatic hydroxyl groups is 1. The third-order valence-electron chi connectivity index (χ3n) is 7.55. The van der Waals surface area contributed by atoms with Crippen molar-refractivity contribution in [3.63, 3.8) is 0 Å². The molecule has 43 heavy (non-hydrogen) atoms. The van der Waals surface area contributed by atoms with E-state index in [1.165, 1.54) is 6.33 Å². The van der Waals surface area contributed by atoms with Gasteiger partial charge in [-0.1, -0.05) is 72.8 Å². The lowest BCUT2D eigenvalue weighted by molar-refractivity contribution is 0.0882. The Kier molecular flexibility index (Phi) is 8.88. The summed E-state index contributed by atoms with van der Waals surface area (Å²) in [5.41, 5.74) is 8.28. The van der Waals surface area contributed by atoms with Crippen LogP contribution < -0.4 is 16.1 Å². The molecule has 0 aliphatic carbocycles. The van der Waals surface area contributed by atoms with Gasteiger partial charge in [0.25, 0.3) is 0 Å². The quantitative estimate of drug-likeness (QED) is 0.186. The monoisotopic (exact) mass is 577 g/mol.